The van der Waals surface area contributed by atoms with Crippen molar-refractivity contribution in [3.63, 3.8) is 0 Å². The second kappa shape index (κ2) is 8.77. The minimum atomic E-state index is -4.39. The fourth-order valence-corrected chi connectivity index (χ4v) is 2.54. The molecule has 8 heteroatoms. The van der Waals surface area contributed by atoms with E-state index >= 15 is 0 Å². The summed E-state index contributed by atoms with van der Waals surface area (Å²) in [4.78, 5) is 22.9. The highest BCUT2D eigenvalue weighted by atomic mass is 19.4. The molecule has 0 radical (unpaired) electrons. The minimum Gasteiger partial charge on any atom is -0.482 e. The van der Waals surface area contributed by atoms with Gasteiger partial charge in [-0.15, -0.1) is 0 Å². The van der Waals surface area contributed by atoms with Gasteiger partial charge in [0.05, 0.1) is 5.56 Å². The molecule has 0 aromatic heterocycles. The van der Waals surface area contributed by atoms with Crippen LogP contribution in [0.3, 0.4) is 0 Å². The topological polar surface area (TPSA) is 75.6 Å². The first-order chi connectivity index (χ1) is 13.1. The Bertz CT molecular complexity index is 848. The summed E-state index contributed by atoms with van der Waals surface area (Å²) >= 11 is 0. The van der Waals surface area contributed by atoms with Crippen LogP contribution in [0.5, 0.6) is 5.75 Å². The maximum absolute atomic E-state index is 12.6. The molecule has 0 aliphatic heterocycles. The Morgan fingerprint density at radius 3 is 2.32 bits per heavy atom. The van der Waals surface area contributed by atoms with Gasteiger partial charge >= 0.3 is 12.1 Å². The van der Waals surface area contributed by atoms with Crippen molar-refractivity contribution in [3.8, 4) is 5.75 Å². The average Bonchev–Trinajstić information content (AvgIpc) is 2.61. The standard InChI is InChI=1S/C20H20F3NO4/c1-12-10-16(28-11-18(25)26)7-8-17(12)24-19(27)13(2)9-14-3-5-15(6-4-14)20(21,22)23/h3-8,10,13H,9,11H2,1-2H3,(H,24,27)(H,25,26). The van der Waals surface area contributed by atoms with Crippen LogP contribution >= 0.6 is 0 Å². The molecule has 2 rings (SSSR count). The lowest BCUT2D eigenvalue weighted by Crippen LogP contribution is -2.22. The van der Waals surface area contributed by atoms with Gasteiger partial charge in [-0.2, -0.15) is 13.2 Å². The van der Waals surface area contributed by atoms with Crippen LogP contribution in [0.1, 0.15) is 23.6 Å². The van der Waals surface area contributed by atoms with E-state index in [0.29, 0.717) is 29.0 Å². The smallest absolute Gasteiger partial charge is 0.416 e. The van der Waals surface area contributed by atoms with Crippen LogP contribution in [0.4, 0.5) is 18.9 Å². The quantitative estimate of drug-likeness (QED) is 0.733. The number of carboxylic acids is 1. The molecule has 0 spiro atoms. The number of benzene rings is 2. The zero-order chi connectivity index (χ0) is 20.9. The molecule has 0 bridgehead atoms. The third-order valence-electron chi connectivity index (χ3n) is 4.09. The second-order valence-corrected chi connectivity index (χ2v) is 6.45. The van der Waals surface area contributed by atoms with Gasteiger partial charge in [0, 0.05) is 11.6 Å². The van der Waals surface area contributed by atoms with Gasteiger partial charge in [0.25, 0.3) is 0 Å². The van der Waals surface area contributed by atoms with E-state index in [1.807, 2.05) is 0 Å². The zero-order valence-corrected chi connectivity index (χ0v) is 15.3. The molecule has 28 heavy (non-hydrogen) atoms. The third-order valence-corrected chi connectivity index (χ3v) is 4.09. The SMILES string of the molecule is Cc1cc(OCC(=O)O)ccc1NC(=O)C(C)Cc1ccc(C(F)(F)F)cc1. The highest BCUT2D eigenvalue weighted by molar-refractivity contribution is 5.93. The van der Waals surface area contributed by atoms with E-state index in [0.717, 1.165) is 12.1 Å². The molecule has 0 heterocycles. The summed E-state index contributed by atoms with van der Waals surface area (Å²) in [5.74, 6) is -1.45. The molecule has 1 unspecified atom stereocenters. The highest BCUT2D eigenvalue weighted by Crippen LogP contribution is 2.29. The van der Waals surface area contributed by atoms with Crippen LogP contribution in [-0.4, -0.2) is 23.6 Å². The fraction of sp³-hybridized carbons (Fsp3) is 0.300. The molecule has 2 aromatic rings. The first kappa shape index (κ1) is 21.3. The third kappa shape index (κ3) is 6.00. The van der Waals surface area contributed by atoms with Gasteiger partial charge in [-0.1, -0.05) is 19.1 Å². The summed E-state index contributed by atoms with van der Waals surface area (Å²) in [5, 5.41) is 11.4. The van der Waals surface area contributed by atoms with Crippen LogP contribution in [0.15, 0.2) is 42.5 Å². The van der Waals surface area contributed by atoms with Crippen LogP contribution in [0.25, 0.3) is 0 Å². The van der Waals surface area contributed by atoms with E-state index in [1.165, 1.54) is 12.1 Å². The first-order valence-electron chi connectivity index (χ1n) is 8.48. The molecule has 1 amide bonds. The van der Waals surface area contributed by atoms with E-state index in [9.17, 15) is 22.8 Å². The molecule has 2 aromatic carbocycles. The number of nitrogens with one attached hydrogen (secondary N) is 1. The van der Waals surface area contributed by atoms with Crippen molar-refractivity contribution in [2.75, 3.05) is 11.9 Å². The fourth-order valence-electron chi connectivity index (χ4n) is 2.54. The number of halogens is 3. The van der Waals surface area contributed by atoms with Crippen LogP contribution in [0, 0.1) is 12.8 Å². The monoisotopic (exact) mass is 395 g/mol. The van der Waals surface area contributed by atoms with E-state index in [4.69, 9.17) is 9.84 Å². The van der Waals surface area contributed by atoms with Crippen molar-refractivity contribution in [2.45, 2.75) is 26.4 Å². The number of ether oxygens (including phenoxy) is 1. The Morgan fingerprint density at radius 2 is 1.79 bits per heavy atom. The van der Waals surface area contributed by atoms with Gasteiger partial charge in [0.2, 0.25) is 5.91 Å². The Labute approximate surface area is 160 Å². The van der Waals surface area contributed by atoms with Crippen LogP contribution < -0.4 is 10.1 Å². The highest BCUT2D eigenvalue weighted by Gasteiger charge is 2.30. The molecule has 0 aliphatic carbocycles. The van der Waals surface area contributed by atoms with Crippen molar-refractivity contribution in [3.05, 3.63) is 59.2 Å². The molecule has 0 aliphatic rings. The molecule has 0 fully saturated rings. The Kier molecular flexibility index (Phi) is 6.66. The lowest BCUT2D eigenvalue weighted by molar-refractivity contribution is -0.139. The Hall–Kier alpha value is -3.03. The number of carbonyl (C=O) groups excluding carboxylic acids is 1. The lowest BCUT2D eigenvalue weighted by atomic mass is 9.99. The van der Waals surface area contributed by atoms with Crippen molar-refractivity contribution in [2.24, 2.45) is 5.92 Å². The molecular weight excluding hydrogens is 375 g/mol. The number of anilines is 1. The van der Waals surface area contributed by atoms with Crippen LogP contribution in [-0.2, 0) is 22.2 Å². The number of alkyl halides is 3. The summed E-state index contributed by atoms with van der Waals surface area (Å²) in [6.07, 6.45) is -4.10. The Balaban J connectivity index is 1.97. The van der Waals surface area contributed by atoms with Gasteiger partial charge in [-0.3, -0.25) is 4.79 Å². The number of aryl methyl sites for hydroxylation is 1. The lowest BCUT2D eigenvalue weighted by Gasteiger charge is -2.15. The van der Waals surface area contributed by atoms with Crippen molar-refractivity contribution >= 4 is 17.6 Å². The molecule has 5 nitrogen and oxygen atoms in total. The van der Waals surface area contributed by atoms with E-state index in [2.05, 4.69) is 5.32 Å². The number of carbonyl (C=O) groups is 2. The van der Waals surface area contributed by atoms with E-state index in [-0.39, 0.29) is 5.91 Å². The molecule has 150 valence electrons. The van der Waals surface area contributed by atoms with Crippen molar-refractivity contribution in [1.82, 2.24) is 0 Å². The number of rotatable bonds is 7. The number of amides is 1. The van der Waals surface area contributed by atoms with Gasteiger partial charge in [-0.05, 0) is 54.8 Å². The minimum absolute atomic E-state index is 0.276. The maximum Gasteiger partial charge on any atom is 0.416 e. The molecule has 2 N–H and O–H groups in total. The molecule has 1 atom stereocenters. The summed E-state index contributed by atoms with van der Waals surface area (Å²) in [6.45, 7) is 2.96. The largest absolute Gasteiger partial charge is 0.482 e. The van der Waals surface area contributed by atoms with Gasteiger partial charge < -0.3 is 15.2 Å². The average molecular weight is 395 g/mol. The predicted molar refractivity (Wildman–Crippen MR) is 97.3 cm³/mol. The summed E-state index contributed by atoms with van der Waals surface area (Å²) in [6, 6.07) is 9.50. The predicted octanol–water partition coefficient (Wildman–Crippen LogP) is 4.29. The van der Waals surface area contributed by atoms with Crippen molar-refractivity contribution in [1.29, 1.82) is 0 Å². The van der Waals surface area contributed by atoms with Gasteiger partial charge in [0.1, 0.15) is 5.75 Å². The van der Waals surface area contributed by atoms with Crippen molar-refractivity contribution < 1.29 is 32.6 Å². The number of aliphatic carboxylic acids is 1. The Morgan fingerprint density at radius 1 is 1.14 bits per heavy atom. The van der Waals surface area contributed by atoms with E-state index in [1.54, 1.807) is 32.0 Å². The zero-order valence-electron chi connectivity index (χ0n) is 15.3. The molecule has 0 saturated heterocycles. The molecular formula is C20H20F3NO4. The number of hydrogen-bond donors (Lipinski definition) is 2. The summed E-state index contributed by atoms with van der Waals surface area (Å²) in [5.41, 5.74) is 1.14. The van der Waals surface area contributed by atoms with E-state index < -0.39 is 30.2 Å². The summed E-state index contributed by atoms with van der Waals surface area (Å²) in [7, 11) is 0. The first-order valence-corrected chi connectivity index (χ1v) is 8.48. The second-order valence-electron chi connectivity index (χ2n) is 6.45. The number of hydrogen-bond acceptors (Lipinski definition) is 3. The van der Waals surface area contributed by atoms with Gasteiger partial charge in [0.15, 0.2) is 6.61 Å². The van der Waals surface area contributed by atoms with Gasteiger partial charge in [-0.25, -0.2) is 4.79 Å². The number of carboxylic acid groups (broad SMARTS) is 1. The maximum atomic E-state index is 12.6. The summed E-state index contributed by atoms with van der Waals surface area (Å²) < 4.78 is 42.9. The van der Waals surface area contributed by atoms with Crippen LogP contribution in [0.2, 0.25) is 0 Å². The normalized spacial score (nSPS) is 12.3. The molecule has 0 saturated carbocycles.